The smallest absolute Gasteiger partial charge is 0.410 e. The van der Waals surface area contributed by atoms with E-state index in [9.17, 15) is 9.59 Å². The van der Waals surface area contributed by atoms with Crippen molar-refractivity contribution in [1.29, 1.82) is 0 Å². The molecule has 0 spiro atoms. The van der Waals surface area contributed by atoms with Crippen LogP contribution in [0, 0.1) is 24.7 Å². The molecule has 100 valence electrons. The lowest BCUT2D eigenvalue weighted by atomic mass is 10.3. The predicted molar refractivity (Wildman–Crippen MR) is 68.8 cm³/mol. The van der Waals surface area contributed by atoms with Crippen molar-refractivity contribution in [3.63, 3.8) is 0 Å². The maximum absolute atomic E-state index is 11.2. The molecule has 0 heterocycles. The standard InChI is InChI=1S/C9H17NO4.C4H2/c1-3-5-6-10(7-8(11)12)9(13)14-4-2;1-3-4-2/h3-7H2,1-2H3,(H,11,12);1-2H. The number of amides is 1. The summed E-state index contributed by atoms with van der Waals surface area (Å²) >= 11 is 0. The van der Waals surface area contributed by atoms with Crippen LogP contribution in [0.3, 0.4) is 0 Å². The Kier molecular flexibility index (Phi) is 13.1. The van der Waals surface area contributed by atoms with Gasteiger partial charge in [-0.3, -0.25) is 9.69 Å². The molecule has 0 radical (unpaired) electrons. The Labute approximate surface area is 108 Å². The molecule has 0 aliphatic heterocycles. The van der Waals surface area contributed by atoms with E-state index in [1.807, 2.05) is 18.8 Å². The minimum absolute atomic E-state index is 0.265. The van der Waals surface area contributed by atoms with Gasteiger partial charge >= 0.3 is 12.1 Å². The highest BCUT2D eigenvalue weighted by molar-refractivity contribution is 5.76. The number of nitrogens with zero attached hydrogens (tertiary/aromatic N) is 1. The van der Waals surface area contributed by atoms with Crippen molar-refractivity contribution >= 4 is 12.1 Å². The predicted octanol–water partition coefficient (Wildman–Crippen LogP) is 1.58. The molecular formula is C13H19NO4. The fourth-order valence-electron chi connectivity index (χ4n) is 0.962. The van der Waals surface area contributed by atoms with Gasteiger partial charge in [-0.1, -0.05) is 13.3 Å². The number of carbonyl (C=O) groups excluding carboxylic acids is 1. The topological polar surface area (TPSA) is 66.8 Å². The Hall–Kier alpha value is -2.14. The zero-order valence-electron chi connectivity index (χ0n) is 10.8. The number of rotatable bonds is 6. The summed E-state index contributed by atoms with van der Waals surface area (Å²) < 4.78 is 4.73. The fraction of sp³-hybridized carbons (Fsp3) is 0.538. The molecule has 0 bridgehead atoms. The zero-order valence-corrected chi connectivity index (χ0v) is 10.8. The van der Waals surface area contributed by atoms with Crippen LogP contribution in [-0.2, 0) is 9.53 Å². The average molecular weight is 253 g/mol. The van der Waals surface area contributed by atoms with E-state index in [1.54, 1.807) is 6.92 Å². The fourth-order valence-corrected chi connectivity index (χ4v) is 0.962. The molecule has 5 nitrogen and oxygen atoms in total. The van der Waals surface area contributed by atoms with Crippen LogP contribution in [0.4, 0.5) is 4.79 Å². The molecule has 0 aromatic heterocycles. The molecule has 0 rings (SSSR count). The van der Waals surface area contributed by atoms with E-state index in [0.717, 1.165) is 12.8 Å². The van der Waals surface area contributed by atoms with Gasteiger partial charge in [0, 0.05) is 6.54 Å². The van der Waals surface area contributed by atoms with E-state index in [4.69, 9.17) is 9.84 Å². The third-order valence-electron chi connectivity index (χ3n) is 1.72. The molecule has 0 unspecified atom stereocenters. The van der Waals surface area contributed by atoms with Crippen LogP contribution < -0.4 is 0 Å². The maximum atomic E-state index is 11.2. The summed E-state index contributed by atoms with van der Waals surface area (Å²) in [4.78, 5) is 22.9. The van der Waals surface area contributed by atoms with E-state index in [0.29, 0.717) is 6.54 Å². The molecule has 0 saturated carbocycles. The first kappa shape index (κ1) is 18.2. The van der Waals surface area contributed by atoms with Gasteiger partial charge in [0.25, 0.3) is 0 Å². The van der Waals surface area contributed by atoms with E-state index in [1.165, 1.54) is 4.90 Å². The van der Waals surface area contributed by atoms with Gasteiger partial charge in [-0.05, 0) is 25.2 Å². The number of terminal acetylenes is 2. The lowest BCUT2D eigenvalue weighted by molar-refractivity contribution is -0.138. The van der Waals surface area contributed by atoms with Gasteiger partial charge in [-0.2, -0.15) is 0 Å². The summed E-state index contributed by atoms with van der Waals surface area (Å²) in [6.07, 6.45) is 10.2. The second-order valence-electron chi connectivity index (χ2n) is 3.16. The third kappa shape index (κ3) is 11.9. The molecule has 0 aliphatic carbocycles. The van der Waals surface area contributed by atoms with Crippen LogP contribution in [0.15, 0.2) is 0 Å². The summed E-state index contributed by atoms with van der Waals surface area (Å²) in [5, 5.41) is 8.55. The van der Waals surface area contributed by atoms with E-state index in [2.05, 4.69) is 12.8 Å². The van der Waals surface area contributed by atoms with Crippen LogP contribution in [0.25, 0.3) is 0 Å². The monoisotopic (exact) mass is 253 g/mol. The number of ether oxygens (including phenoxy) is 1. The normalized spacial score (nSPS) is 8.00. The molecule has 0 atom stereocenters. The van der Waals surface area contributed by atoms with Crippen molar-refractivity contribution < 1.29 is 19.4 Å². The van der Waals surface area contributed by atoms with Crippen molar-refractivity contribution in [2.24, 2.45) is 0 Å². The Balaban J connectivity index is 0. The minimum Gasteiger partial charge on any atom is -0.480 e. The van der Waals surface area contributed by atoms with Crippen LogP contribution in [0.2, 0.25) is 0 Å². The van der Waals surface area contributed by atoms with Crippen molar-refractivity contribution in [3.8, 4) is 24.7 Å². The van der Waals surface area contributed by atoms with E-state index < -0.39 is 12.1 Å². The summed E-state index contributed by atoms with van der Waals surface area (Å²) in [5.74, 6) is 2.90. The number of hydrogen-bond donors (Lipinski definition) is 1. The highest BCUT2D eigenvalue weighted by Crippen LogP contribution is 1.98. The molecule has 0 saturated heterocycles. The lowest BCUT2D eigenvalue weighted by Crippen LogP contribution is -2.36. The van der Waals surface area contributed by atoms with Gasteiger partial charge in [0.05, 0.1) is 6.61 Å². The first-order valence-electron chi connectivity index (χ1n) is 5.58. The molecule has 18 heavy (non-hydrogen) atoms. The lowest BCUT2D eigenvalue weighted by Gasteiger charge is -2.19. The van der Waals surface area contributed by atoms with Gasteiger partial charge < -0.3 is 9.84 Å². The molecule has 0 aliphatic rings. The second-order valence-corrected chi connectivity index (χ2v) is 3.16. The molecular weight excluding hydrogens is 234 g/mol. The average Bonchev–Trinajstić information content (AvgIpc) is 2.34. The largest absolute Gasteiger partial charge is 0.480 e. The zero-order chi connectivity index (χ0) is 14.4. The quantitative estimate of drug-likeness (QED) is 0.730. The van der Waals surface area contributed by atoms with Crippen LogP contribution in [-0.4, -0.2) is 41.8 Å². The summed E-state index contributed by atoms with van der Waals surface area (Å²) in [5.41, 5.74) is 0. The first-order chi connectivity index (χ1) is 8.53. The number of unbranched alkanes of at least 4 members (excludes halogenated alkanes) is 1. The number of carboxylic acids is 1. The Morgan fingerprint density at radius 3 is 2.17 bits per heavy atom. The van der Waals surface area contributed by atoms with Crippen molar-refractivity contribution in [1.82, 2.24) is 4.90 Å². The Morgan fingerprint density at radius 1 is 1.28 bits per heavy atom. The number of aliphatic carboxylic acids is 1. The van der Waals surface area contributed by atoms with Crippen LogP contribution >= 0.6 is 0 Å². The summed E-state index contributed by atoms with van der Waals surface area (Å²) in [7, 11) is 0. The molecule has 0 aromatic rings. The number of carboxylic acid groups (broad SMARTS) is 1. The van der Waals surface area contributed by atoms with E-state index in [-0.39, 0.29) is 13.2 Å². The van der Waals surface area contributed by atoms with Gasteiger partial charge in [-0.25, -0.2) is 4.79 Å². The summed E-state index contributed by atoms with van der Waals surface area (Å²) in [6, 6.07) is 0. The van der Waals surface area contributed by atoms with Crippen molar-refractivity contribution in [3.05, 3.63) is 0 Å². The van der Waals surface area contributed by atoms with Crippen LogP contribution in [0.1, 0.15) is 26.7 Å². The third-order valence-corrected chi connectivity index (χ3v) is 1.72. The van der Waals surface area contributed by atoms with E-state index >= 15 is 0 Å². The molecule has 1 amide bonds. The first-order valence-corrected chi connectivity index (χ1v) is 5.58. The van der Waals surface area contributed by atoms with Gasteiger partial charge in [0.15, 0.2) is 0 Å². The Bertz CT molecular complexity index is 313. The van der Waals surface area contributed by atoms with Crippen LogP contribution in [0.5, 0.6) is 0 Å². The summed E-state index contributed by atoms with van der Waals surface area (Å²) in [6.45, 7) is 4.07. The molecule has 1 N–H and O–H groups in total. The SMILES string of the molecule is C#CC#C.CCCCN(CC(=O)O)C(=O)OCC. The van der Waals surface area contributed by atoms with Gasteiger partial charge in [-0.15, -0.1) is 12.8 Å². The highest BCUT2D eigenvalue weighted by Gasteiger charge is 2.16. The second kappa shape index (κ2) is 12.9. The van der Waals surface area contributed by atoms with Crippen molar-refractivity contribution in [2.45, 2.75) is 26.7 Å². The van der Waals surface area contributed by atoms with Gasteiger partial charge in [0.2, 0.25) is 0 Å². The Morgan fingerprint density at radius 2 is 1.83 bits per heavy atom. The number of carbonyl (C=O) groups is 2. The number of hydrogen-bond acceptors (Lipinski definition) is 3. The molecule has 5 heteroatoms. The van der Waals surface area contributed by atoms with Crippen molar-refractivity contribution in [2.75, 3.05) is 19.7 Å². The molecule has 0 fully saturated rings. The molecule has 0 aromatic carbocycles. The van der Waals surface area contributed by atoms with Gasteiger partial charge in [0.1, 0.15) is 6.54 Å². The maximum Gasteiger partial charge on any atom is 0.410 e. The minimum atomic E-state index is -1.02. The highest BCUT2D eigenvalue weighted by atomic mass is 16.6.